The molecule has 6 heteroatoms. The molecule has 1 aliphatic heterocycles. The van der Waals surface area contributed by atoms with Crippen molar-refractivity contribution >= 4 is 27.9 Å². The van der Waals surface area contributed by atoms with Crippen molar-refractivity contribution in [3.8, 4) is 0 Å². The molecule has 1 unspecified atom stereocenters. The van der Waals surface area contributed by atoms with Crippen LogP contribution in [0.25, 0.3) is 0 Å². The first-order valence-corrected chi connectivity index (χ1v) is 9.85. The van der Waals surface area contributed by atoms with E-state index in [1.165, 1.54) is 31.0 Å². The van der Waals surface area contributed by atoms with Gasteiger partial charge in [-0.3, -0.25) is 4.79 Å². The lowest BCUT2D eigenvalue weighted by molar-refractivity contribution is -0.142. The molecule has 0 spiro atoms. The standard InChI is InChI=1S/C18H26N2O3S/c1-22-4-3-14-15(24-17(19-14)23-2)20-16(21)18-8-11-5-12(9-18)7-13(6-11)10-18/h11-14H,3-10H2,1-2H3. The van der Waals surface area contributed by atoms with Crippen LogP contribution in [0.4, 0.5) is 0 Å². The highest BCUT2D eigenvalue weighted by molar-refractivity contribution is 8.26. The Morgan fingerprint density at radius 1 is 1.21 bits per heavy atom. The SMILES string of the molecule is COCCC1N=C(OC)SC1=NC(=O)C12CC3CC(CC(C3)C1)C2. The Morgan fingerprint density at radius 2 is 1.83 bits per heavy atom. The molecule has 5 rings (SSSR count). The molecule has 0 radical (unpaired) electrons. The van der Waals surface area contributed by atoms with Crippen LogP contribution < -0.4 is 0 Å². The molecule has 1 amide bonds. The third-order valence-corrected chi connectivity index (χ3v) is 7.23. The molecule has 1 atom stereocenters. The van der Waals surface area contributed by atoms with Crippen molar-refractivity contribution in [3.63, 3.8) is 0 Å². The molecule has 5 aliphatic rings. The van der Waals surface area contributed by atoms with Crippen molar-refractivity contribution in [1.29, 1.82) is 0 Å². The van der Waals surface area contributed by atoms with Gasteiger partial charge >= 0.3 is 0 Å². The van der Waals surface area contributed by atoms with Gasteiger partial charge < -0.3 is 9.47 Å². The van der Waals surface area contributed by atoms with Crippen LogP contribution in [0.1, 0.15) is 44.9 Å². The molecule has 0 saturated heterocycles. The number of thioether (sulfide) groups is 1. The van der Waals surface area contributed by atoms with E-state index in [1.807, 2.05) is 0 Å². The number of amides is 1. The number of hydrogen-bond acceptors (Lipinski definition) is 5. The molecule has 4 saturated carbocycles. The maximum Gasteiger partial charge on any atom is 0.252 e. The minimum Gasteiger partial charge on any atom is -0.476 e. The van der Waals surface area contributed by atoms with E-state index in [0.29, 0.717) is 11.8 Å². The van der Waals surface area contributed by atoms with Crippen LogP contribution >= 0.6 is 11.8 Å². The summed E-state index contributed by atoms with van der Waals surface area (Å²) in [6, 6.07) is -0.0947. The highest BCUT2D eigenvalue weighted by atomic mass is 32.2. The summed E-state index contributed by atoms with van der Waals surface area (Å²) in [6.45, 7) is 0.607. The summed E-state index contributed by atoms with van der Waals surface area (Å²) in [7, 11) is 3.30. The zero-order valence-electron chi connectivity index (χ0n) is 14.5. The van der Waals surface area contributed by atoms with E-state index in [0.717, 1.165) is 48.5 Å². The lowest BCUT2D eigenvalue weighted by atomic mass is 9.49. The average molecular weight is 350 g/mol. The van der Waals surface area contributed by atoms with Gasteiger partial charge in [-0.05, 0) is 74.5 Å². The van der Waals surface area contributed by atoms with E-state index in [4.69, 9.17) is 9.47 Å². The Bertz CT molecular complexity index is 552. The quantitative estimate of drug-likeness (QED) is 0.781. The second-order valence-corrected chi connectivity index (χ2v) is 8.92. The van der Waals surface area contributed by atoms with Gasteiger partial charge in [0.2, 0.25) is 0 Å². The molecular formula is C18H26N2O3S. The van der Waals surface area contributed by atoms with Crippen LogP contribution in [-0.4, -0.2) is 43.0 Å². The number of rotatable bonds is 4. The fraction of sp³-hybridized carbons (Fsp3) is 0.833. The average Bonchev–Trinajstić information content (AvgIpc) is 2.93. The highest BCUT2D eigenvalue weighted by Gasteiger charge is 2.54. The molecule has 132 valence electrons. The van der Waals surface area contributed by atoms with Crippen LogP contribution in [0.15, 0.2) is 9.98 Å². The van der Waals surface area contributed by atoms with Crippen molar-refractivity contribution in [2.75, 3.05) is 20.8 Å². The topological polar surface area (TPSA) is 60.2 Å². The van der Waals surface area contributed by atoms with Crippen molar-refractivity contribution < 1.29 is 14.3 Å². The van der Waals surface area contributed by atoms with Gasteiger partial charge in [-0.1, -0.05) is 0 Å². The van der Waals surface area contributed by atoms with Crippen molar-refractivity contribution in [1.82, 2.24) is 0 Å². The Morgan fingerprint density at radius 3 is 2.38 bits per heavy atom. The number of carbonyl (C=O) groups excluding carboxylic acids is 1. The van der Waals surface area contributed by atoms with Gasteiger partial charge in [-0.15, -0.1) is 0 Å². The van der Waals surface area contributed by atoms with Crippen LogP contribution in [-0.2, 0) is 14.3 Å². The molecule has 0 aromatic rings. The van der Waals surface area contributed by atoms with E-state index in [2.05, 4.69) is 9.98 Å². The minimum absolute atomic E-state index is 0.0947. The normalized spacial score (nSPS) is 41.8. The summed E-state index contributed by atoms with van der Waals surface area (Å²) in [5.41, 5.74) is -0.177. The van der Waals surface area contributed by atoms with Gasteiger partial charge in [0.25, 0.3) is 11.1 Å². The van der Waals surface area contributed by atoms with Gasteiger partial charge in [0.05, 0.1) is 12.5 Å². The first-order chi connectivity index (χ1) is 11.6. The largest absolute Gasteiger partial charge is 0.476 e. The summed E-state index contributed by atoms with van der Waals surface area (Å²) in [4.78, 5) is 22.3. The van der Waals surface area contributed by atoms with Crippen LogP contribution in [0, 0.1) is 23.2 Å². The first kappa shape index (κ1) is 16.6. The predicted octanol–water partition coefficient (Wildman–Crippen LogP) is 3.28. The number of carbonyl (C=O) groups is 1. The van der Waals surface area contributed by atoms with E-state index >= 15 is 0 Å². The van der Waals surface area contributed by atoms with E-state index in [1.54, 1.807) is 14.2 Å². The molecule has 0 aromatic heterocycles. The summed E-state index contributed by atoms with van der Waals surface area (Å²) in [5.74, 6) is 2.38. The lowest BCUT2D eigenvalue weighted by Crippen LogP contribution is -2.49. The number of ether oxygens (including phenoxy) is 2. The van der Waals surface area contributed by atoms with E-state index in [-0.39, 0.29) is 17.4 Å². The highest BCUT2D eigenvalue weighted by Crippen LogP contribution is 2.60. The maximum absolute atomic E-state index is 13.1. The molecule has 5 nitrogen and oxygen atoms in total. The van der Waals surface area contributed by atoms with Gasteiger partial charge in [-0.2, -0.15) is 0 Å². The number of nitrogens with zero attached hydrogens (tertiary/aromatic N) is 2. The zero-order valence-corrected chi connectivity index (χ0v) is 15.3. The van der Waals surface area contributed by atoms with Gasteiger partial charge in [-0.25, -0.2) is 9.98 Å². The summed E-state index contributed by atoms with van der Waals surface area (Å²) >= 11 is 1.40. The lowest BCUT2D eigenvalue weighted by Gasteiger charge is -2.55. The number of aliphatic imine (C=N–C) groups is 2. The number of methoxy groups -OCH3 is 2. The van der Waals surface area contributed by atoms with Gasteiger partial charge in [0.1, 0.15) is 11.1 Å². The van der Waals surface area contributed by atoms with Gasteiger partial charge in [0, 0.05) is 13.7 Å². The summed E-state index contributed by atoms with van der Waals surface area (Å²) in [5, 5.41) is 1.40. The smallest absolute Gasteiger partial charge is 0.252 e. The Hall–Kier alpha value is -0.880. The second kappa shape index (κ2) is 6.45. The summed E-state index contributed by atoms with van der Waals surface area (Å²) < 4.78 is 10.4. The van der Waals surface area contributed by atoms with Crippen molar-refractivity contribution in [3.05, 3.63) is 0 Å². The van der Waals surface area contributed by atoms with Crippen molar-refractivity contribution in [2.24, 2.45) is 33.2 Å². The van der Waals surface area contributed by atoms with Crippen molar-refractivity contribution in [2.45, 2.75) is 51.0 Å². The van der Waals surface area contributed by atoms with Crippen LogP contribution in [0.2, 0.25) is 0 Å². The predicted molar refractivity (Wildman–Crippen MR) is 95.4 cm³/mol. The molecule has 4 bridgehead atoms. The second-order valence-electron chi connectivity index (χ2n) is 7.95. The van der Waals surface area contributed by atoms with Gasteiger partial charge in [0.15, 0.2) is 0 Å². The first-order valence-electron chi connectivity index (χ1n) is 9.03. The summed E-state index contributed by atoms with van der Waals surface area (Å²) in [6.07, 6.45) is 7.92. The van der Waals surface area contributed by atoms with E-state index < -0.39 is 0 Å². The number of hydrogen-bond donors (Lipinski definition) is 0. The van der Waals surface area contributed by atoms with Crippen LogP contribution in [0.5, 0.6) is 0 Å². The zero-order chi connectivity index (χ0) is 16.7. The monoisotopic (exact) mass is 350 g/mol. The Kier molecular flexibility index (Phi) is 4.45. The molecule has 1 heterocycles. The third-order valence-electron chi connectivity index (χ3n) is 6.21. The molecular weight excluding hydrogens is 324 g/mol. The Balaban J connectivity index is 1.53. The fourth-order valence-electron chi connectivity index (χ4n) is 5.57. The molecule has 24 heavy (non-hydrogen) atoms. The Labute approximate surface area is 147 Å². The van der Waals surface area contributed by atoms with E-state index in [9.17, 15) is 4.79 Å². The molecule has 4 aliphatic carbocycles. The molecule has 0 N–H and O–H groups in total. The minimum atomic E-state index is -0.177. The maximum atomic E-state index is 13.1. The third kappa shape index (κ3) is 2.92. The molecule has 4 fully saturated rings. The van der Waals surface area contributed by atoms with Crippen LogP contribution in [0.3, 0.4) is 0 Å². The fourth-order valence-corrected chi connectivity index (χ4v) is 6.44. The molecule has 0 aromatic carbocycles.